The molecule has 0 saturated heterocycles. The highest BCUT2D eigenvalue weighted by molar-refractivity contribution is 5.94. The molecule has 0 aromatic heterocycles. The number of amides is 3. The van der Waals surface area contributed by atoms with Gasteiger partial charge >= 0.3 is 5.97 Å². The minimum atomic E-state index is -1.19. The minimum Gasteiger partial charge on any atom is -0.480 e. The average Bonchev–Trinajstić information content (AvgIpc) is 2.88. The van der Waals surface area contributed by atoms with Gasteiger partial charge in [0.15, 0.2) is 0 Å². The number of carbonyl (C=O) groups is 4. The number of nitrogens with one attached hydrogen (secondary N) is 3. The molecule has 2 aromatic rings. The van der Waals surface area contributed by atoms with Crippen molar-refractivity contribution >= 4 is 23.7 Å². The van der Waals surface area contributed by atoms with Gasteiger partial charge in [-0.05, 0) is 37.4 Å². The largest absolute Gasteiger partial charge is 0.480 e. The topological polar surface area (TPSA) is 177 Å². The lowest BCUT2D eigenvalue weighted by molar-refractivity contribution is -0.142. The average molecular weight is 512 g/mol. The van der Waals surface area contributed by atoms with E-state index in [9.17, 15) is 24.3 Å². The third kappa shape index (κ3) is 10.4. The Bertz CT molecular complexity index is 1020. The van der Waals surface area contributed by atoms with Crippen molar-refractivity contribution in [2.24, 2.45) is 11.5 Å². The van der Waals surface area contributed by atoms with E-state index in [4.69, 9.17) is 11.5 Å². The first-order chi connectivity index (χ1) is 17.7. The number of carboxylic acid groups (broad SMARTS) is 1. The number of nitrogens with two attached hydrogens (primary N) is 2. The maximum Gasteiger partial charge on any atom is 0.326 e. The van der Waals surface area contributed by atoms with E-state index in [1.54, 1.807) is 24.3 Å². The number of unbranched alkanes of at least 4 members (excludes halogenated alkanes) is 1. The lowest BCUT2D eigenvalue weighted by atomic mass is 10.0. The fraction of sp³-hybridized carbons (Fsp3) is 0.407. The van der Waals surface area contributed by atoms with Crippen LogP contribution in [0.3, 0.4) is 0 Å². The number of carbonyl (C=O) groups excluding carboxylic acids is 3. The lowest BCUT2D eigenvalue weighted by Crippen LogP contribution is -2.57. The Kier molecular flexibility index (Phi) is 12.2. The third-order valence-corrected chi connectivity index (χ3v) is 5.87. The van der Waals surface area contributed by atoms with E-state index in [2.05, 4.69) is 16.0 Å². The zero-order valence-electron chi connectivity index (χ0n) is 21.1. The summed E-state index contributed by atoms with van der Waals surface area (Å²) in [4.78, 5) is 50.2. The summed E-state index contributed by atoms with van der Waals surface area (Å²) in [6, 6.07) is 14.1. The molecule has 3 amide bonds. The summed E-state index contributed by atoms with van der Waals surface area (Å²) in [7, 11) is 0. The van der Waals surface area contributed by atoms with Crippen molar-refractivity contribution in [2.75, 3.05) is 6.54 Å². The molecule has 0 heterocycles. The van der Waals surface area contributed by atoms with Crippen LogP contribution in [0.25, 0.3) is 0 Å². The van der Waals surface area contributed by atoms with Crippen molar-refractivity contribution in [2.45, 2.75) is 63.2 Å². The van der Waals surface area contributed by atoms with Gasteiger partial charge in [0.25, 0.3) is 0 Å². The lowest BCUT2D eigenvalue weighted by Gasteiger charge is -2.24. The molecule has 0 aliphatic rings. The number of carboxylic acids is 1. The van der Waals surface area contributed by atoms with E-state index >= 15 is 0 Å². The predicted molar refractivity (Wildman–Crippen MR) is 140 cm³/mol. The molecule has 0 fully saturated rings. The van der Waals surface area contributed by atoms with Gasteiger partial charge < -0.3 is 32.5 Å². The van der Waals surface area contributed by atoms with E-state index in [0.29, 0.717) is 19.4 Å². The predicted octanol–water partition coefficient (Wildman–Crippen LogP) is 0.487. The van der Waals surface area contributed by atoms with Crippen LogP contribution in [-0.2, 0) is 32.0 Å². The first-order valence-corrected chi connectivity index (χ1v) is 12.4. The second kappa shape index (κ2) is 15.4. The maximum atomic E-state index is 13.1. The number of benzene rings is 2. The van der Waals surface area contributed by atoms with Crippen molar-refractivity contribution in [3.05, 3.63) is 71.8 Å². The molecule has 10 heteroatoms. The standard InChI is InChI=1S/C27H37N5O5/c1-18(24(33)32-23(27(36)37)17-20-12-6-3-7-13-20)30-26(35)22(16-19-10-4-2-5-11-19)31-25(34)21(29)14-8-9-15-28/h2-7,10-13,18,21-23H,8-9,14-17,28-29H2,1H3,(H,30,35)(H,31,34)(H,32,33)(H,36,37). The smallest absolute Gasteiger partial charge is 0.326 e. The molecule has 37 heavy (non-hydrogen) atoms. The Morgan fingerprint density at radius 2 is 1.27 bits per heavy atom. The summed E-state index contributed by atoms with van der Waals surface area (Å²) in [5.74, 6) is -2.89. The monoisotopic (exact) mass is 511 g/mol. The van der Waals surface area contributed by atoms with Crippen molar-refractivity contribution in [3.63, 3.8) is 0 Å². The molecule has 4 unspecified atom stereocenters. The van der Waals surface area contributed by atoms with E-state index in [1.807, 2.05) is 36.4 Å². The molecule has 10 nitrogen and oxygen atoms in total. The van der Waals surface area contributed by atoms with E-state index in [-0.39, 0.29) is 12.8 Å². The van der Waals surface area contributed by atoms with Crippen molar-refractivity contribution in [1.82, 2.24) is 16.0 Å². The van der Waals surface area contributed by atoms with E-state index in [1.165, 1.54) is 6.92 Å². The molecule has 2 aromatic carbocycles. The van der Waals surface area contributed by atoms with Crippen molar-refractivity contribution < 1.29 is 24.3 Å². The Labute approximate surface area is 217 Å². The molecule has 0 spiro atoms. The Hall–Kier alpha value is -3.76. The summed E-state index contributed by atoms with van der Waals surface area (Å²) in [5.41, 5.74) is 13.0. The highest BCUT2D eigenvalue weighted by atomic mass is 16.4. The summed E-state index contributed by atoms with van der Waals surface area (Å²) < 4.78 is 0. The second-order valence-electron chi connectivity index (χ2n) is 8.96. The molecule has 0 aliphatic carbocycles. The van der Waals surface area contributed by atoms with Crippen molar-refractivity contribution in [1.29, 1.82) is 0 Å². The molecule has 4 atom stereocenters. The fourth-order valence-corrected chi connectivity index (χ4v) is 3.70. The van der Waals surface area contributed by atoms with Crippen LogP contribution in [-0.4, -0.2) is 59.5 Å². The SMILES string of the molecule is CC(NC(=O)C(Cc1ccccc1)NC(=O)C(N)CCCCN)C(=O)NC(Cc1ccccc1)C(=O)O. The molecule has 2 rings (SSSR count). The minimum absolute atomic E-state index is 0.0946. The number of aliphatic carboxylic acids is 1. The molecule has 0 saturated carbocycles. The zero-order chi connectivity index (χ0) is 27.2. The Morgan fingerprint density at radius 1 is 0.757 bits per heavy atom. The van der Waals surface area contributed by atoms with Gasteiger partial charge in [-0.1, -0.05) is 67.1 Å². The maximum absolute atomic E-state index is 13.1. The van der Waals surface area contributed by atoms with E-state index < -0.39 is 47.9 Å². The van der Waals surface area contributed by atoms with Crippen LogP contribution in [0.2, 0.25) is 0 Å². The Morgan fingerprint density at radius 3 is 1.78 bits per heavy atom. The van der Waals surface area contributed by atoms with Gasteiger partial charge in [-0.2, -0.15) is 0 Å². The highest BCUT2D eigenvalue weighted by Crippen LogP contribution is 2.07. The molecule has 0 aliphatic heterocycles. The third-order valence-electron chi connectivity index (χ3n) is 5.87. The van der Waals surface area contributed by atoms with Gasteiger partial charge in [0.1, 0.15) is 18.1 Å². The van der Waals surface area contributed by atoms with Gasteiger partial charge in [0.05, 0.1) is 6.04 Å². The van der Waals surface area contributed by atoms with Gasteiger partial charge in [0.2, 0.25) is 17.7 Å². The zero-order valence-corrected chi connectivity index (χ0v) is 21.1. The van der Waals surface area contributed by atoms with Gasteiger partial charge in [-0.15, -0.1) is 0 Å². The fourth-order valence-electron chi connectivity index (χ4n) is 3.70. The molecule has 200 valence electrons. The van der Waals surface area contributed by atoms with Crippen LogP contribution in [0.4, 0.5) is 0 Å². The molecule has 8 N–H and O–H groups in total. The van der Waals surface area contributed by atoms with Crippen molar-refractivity contribution in [3.8, 4) is 0 Å². The van der Waals surface area contributed by atoms with Gasteiger partial charge in [0, 0.05) is 12.8 Å². The van der Waals surface area contributed by atoms with Crippen LogP contribution in [0.5, 0.6) is 0 Å². The van der Waals surface area contributed by atoms with E-state index in [0.717, 1.165) is 17.5 Å². The highest BCUT2D eigenvalue weighted by Gasteiger charge is 2.28. The number of hydrogen-bond donors (Lipinski definition) is 6. The Balaban J connectivity index is 2.04. The van der Waals surface area contributed by atoms with Crippen LogP contribution < -0.4 is 27.4 Å². The summed E-state index contributed by atoms with van der Waals surface area (Å²) >= 11 is 0. The molecule has 0 radical (unpaired) electrons. The summed E-state index contributed by atoms with van der Waals surface area (Å²) in [6.07, 6.45) is 2.14. The summed E-state index contributed by atoms with van der Waals surface area (Å²) in [6.45, 7) is 1.95. The first kappa shape index (κ1) is 29.5. The van der Waals surface area contributed by atoms with Crippen LogP contribution >= 0.6 is 0 Å². The molecular formula is C27H37N5O5. The molecular weight excluding hydrogens is 474 g/mol. The van der Waals surface area contributed by atoms with Crippen LogP contribution in [0.1, 0.15) is 37.3 Å². The number of rotatable bonds is 15. The van der Waals surface area contributed by atoms with Crippen LogP contribution in [0.15, 0.2) is 60.7 Å². The quantitative estimate of drug-likeness (QED) is 0.188. The first-order valence-electron chi connectivity index (χ1n) is 12.4. The second-order valence-corrected chi connectivity index (χ2v) is 8.96. The van der Waals surface area contributed by atoms with Crippen LogP contribution in [0, 0.1) is 0 Å². The molecule has 0 bridgehead atoms. The van der Waals surface area contributed by atoms with Gasteiger partial charge in [-0.25, -0.2) is 4.79 Å². The summed E-state index contributed by atoms with van der Waals surface area (Å²) in [5, 5.41) is 17.3. The normalized spacial score (nSPS) is 14.0. The van der Waals surface area contributed by atoms with Gasteiger partial charge in [-0.3, -0.25) is 14.4 Å². The number of hydrogen-bond acceptors (Lipinski definition) is 6.